The average Bonchev–Trinajstić information content (AvgIpc) is 3.04. The minimum absolute atomic E-state index is 0.00796. The van der Waals surface area contributed by atoms with E-state index in [0.717, 1.165) is 19.5 Å². The van der Waals surface area contributed by atoms with E-state index in [4.69, 9.17) is 4.74 Å². The second-order valence-electron chi connectivity index (χ2n) is 5.76. The Morgan fingerprint density at radius 2 is 2.24 bits per heavy atom. The van der Waals surface area contributed by atoms with Crippen LogP contribution in [-0.2, 0) is 11.3 Å². The van der Waals surface area contributed by atoms with Gasteiger partial charge in [-0.15, -0.1) is 0 Å². The molecule has 1 aromatic rings. The van der Waals surface area contributed by atoms with E-state index in [0.29, 0.717) is 25.1 Å². The Bertz CT molecular complexity index is 584. The lowest BCUT2D eigenvalue weighted by Crippen LogP contribution is -2.40. The van der Waals surface area contributed by atoms with Crippen LogP contribution < -0.4 is 10.1 Å². The molecule has 0 saturated carbocycles. The summed E-state index contributed by atoms with van der Waals surface area (Å²) in [6, 6.07) is 3.87. The van der Waals surface area contributed by atoms with E-state index in [1.165, 1.54) is 18.2 Å². The Morgan fingerprint density at radius 1 is 1.44 bits per heavy atom. The molecule has 1 atom stereocenters. The van der Waals surface area contributed by atoms with Crippen LogP contribution in [0.2, 0.25) is 0 Å². The molecule has 1 fully saturated rings. The first-order valence-electron chi connectivity index (χ1n) is 8.30. The quantitative estimate of drug-likeness (QED) is 0.601. The van der Waals surface area contributed by atoms with Gasteiger partial charge in [-0.1, -0.05) is 6.07 Å². The molecule has 0 spiro atoms. The number of nitrogens with one attached hydrogen (secondary N) is 1. The fourth-order valence-electron chi connectivity index (χ4n) is 2.86. The summed E-state index contributed by atoms with van der Waals surface area (Å²) in [5, 5.41) is 3.03. The molecule has 1 unspecified atom stereocenters. The molecule has 0 aromatic heterocycles. The molecule has 0 aliphatic carbocycles. The van der Waals surface area contributed by atoms with Gasteiger partial charge in [-0.25, -0.2) is 4.39 Å². The molecular weight excluding hydrogens is 335 g/mol. The summed E-state index contributed by atoms with van der Waals surface area (Å²) in [5.41, 5.74) is 0.0500. The number of aliphatic imine (C=N–C) groups is 1. The fourth-order valence-corrected chi connectivity index (χ4v) is 2.86. The van der Waals surface area contributed by atoms with Gasteiger partial charge in [-0.05, 0) is 25.5 Å². The maximum atomic E-state index is 14.0. The lowest BCUT2D eigenvalue weighted by molar-refractivity contribution is -0.0506. The van der Waals surface area contributed by atoms with Crippen molar-refractivity contribution in [2.75, 3.05) is 33.4 Å². The first-order valence-corrected chi connectivity index (χ1v) is 8.30. The van der Waals surface area contributed by atoms with Crippen LogP contribution in [0.3, 0.4) is 0 Å². The van der Waals surface area contributed by atoms with Crippen LogP contribution in [0.25, 0.3) is 0 Å². The third kappa shape index (κ3) is 5.52. The maximum Gasteiger partial charge on any atom is 0.387 e. The van der Waals surface area contributed by atoms with Crippen molar-refractivity contribution in [2.24, 2.45) is 10.9 Å². The number of alkyl halides is 2. The second-order valence-corrected chi connectivity index (χ2v) is 5.76. The van der Waals surface area contributed by atoms with Crippen LogP contribution in [0.4, 0.5) is 13.2 Å². The third-order valence-electron chi connectivity index (χ3n) is 4.07. The van der Waals surface area contributed by atoms with Crippen LogP contribution >= 0.6 is 0 Å². The number of ether oxygens (including phenoxy) is 2. The molecule has 25 heavy (non-hydrogen) atoms. The Morgan fingerprint density at radius 3 is 2.92 bits per heavy atom. The molecule has 1 N–H and O–H groups in total. The molecule has 8 heteroatoms. The minimum atomic E-state index is -3.00. The topological polar surface area (TPSA) is 46.1 Å². The number of likely N-dealkylation sites (tertiary alicyclic amines) is 1. The standard InChI is InChI=1S/C17H24F3N3O2/c1-3-24-11-12-7-8-23(10-12)17(21-2)22-9-13-14(18)5-4-6-15(13)25-16(19)20/h4-6,12,16H,3,7-11H2,1-2H3,(H,21,22). The van der Waals surface area contributed by atoms with E-state index in [2.05, 4.69) is 19.9 Å². The summed E-state index contributed by atoms with van der Waals surface area (Å²) in [5.74, 6) is 0.250. The number of nitrogens with zero attached hydrogens (tertiary/aromatic N) is 2. The molecule has 0 amide bonds. The van der Waals surface area contributed by atoms with Crippen LogP contribution in [0.1, 0.15) is 18.9 Å². The first-order chi connectivity index (χ1) is 12.0. The molecule has 1 aromatic carbocycles. The van der Waals surface area contributed by atoms with Gasteiger partial charge in [0.25, 0.3) is 0 Å². The number of halogens is 3. The van der Waals surface area contributed by atoms with Crippen molar-refractivity contribution >= 4 is 5.96 Å². The zero-order chi connectivity index (χ0) is 18.2. The zero-order valence-electron chi connectivity index (χ0n) is 14.5. The van der Waals surface area contributed by atoms with Crippen molar-refractivity contribution < 1.29 is 22.6 Å². The van der Waals surface area contributed by atoms with Gasteiger partial charge in [0.05, 0.1) is 6.61 Å². The monoisotopic (exact) mass is 359 g/mol. The average molecular weight is 359 g/mol. The van der Waals surface area contributed by atoms with Crippen molar-refractivity contribution in [3.05, 3.63) is 29.6 Å². The molecule has 1 saturated heterocycles. The van der Waals surface area contributed by atoms with E-state index >= 15 is 0 Å². The molecule has 1 aliphatic heterocycles. The predicted octanol–water partition coefficient (Wildman–Crippen LogP) is 2.86. The van der Waals surface area contributed by atoms with Gasteiger partial charge in [0, 0.05) is 44.8 Å². The highest BCUT2D eigenvalue weighted by molar-refractivity contribution is 5.80. The van der Waals surface area contributed by atoms with Gasteiger partial charge >= 0.3 is 6.61 Å². The molecule has 1 aliphatic rings. The second kappa shape index (κ2) is 9.50. The Balaban J connectivity index is 1.98. The molecule has 2 rings (SSSR count). The third-order valence-corrected chi connectivity index (χ3v) is 4.07. The molecule has 0 bridgehead atoms. The predicted molar refractivity (Wildman–Crippen MR) is 89.4 cm³/mol. The van der Waals surface area contributed by atoms with Crippen LogP contribution in [0.5, 0.6) is 5.75 Å². The lowest BCUT2D eigenvalue weighted by Gasteiger charge is -2.22. The summed E-state index contributed by atoms with van der Waals surface area (Å²) >= 11 is 0. The van der Waals surface area contributed by atoms with E-state index in [1.54, 1.807) is 7.05 Å². The summed E-state index contributed by atoms with van der Waals surface area (Å²) in [7, 11) is 1.64. The van der Waals surface area contributed by atoms with Crippen LogP contribution in [-0.4, -0.2) is 50.8 Å². The summed E-state index contributed by atoms with van der Waals surface area (Å²) in [6.07, 6.45) is 0.986. The smallest absolute Gasteiger partial charge is 0.387 e. The normalized spacial score (nSPS) is 18.1. The van der Waals surface area contributed by atoms with Gasteiger partial charge in [0.2, 0.25) is 0 Å². The van der Waals surface area contributed by atoms with Gasteiger partial charge in [-0.2, -0.15) is 8.78 Å². The van der Waals surface area contributed by atoms with Gasteiger partial charge in [0.1, 0.15) is 11.6 Å². The van der Waals surface area contributed by atoms with Crippen LogP contribution in [0, 0.1) is 11.7 Å². The molecular formula is C17H24F3N3O2. The number of hydrogen-bond acceptors (Lipinski definition) is 3. The van der Waals surface area contributed by atoms with Crippen molar-refractivity contribution in [3.63, 3.8) is 0 Å². The van der Waals surface area contributed by atoms with Crippen molar-refractivity contribution in [1.29, 1.82) is 0 Å². The summed E-state index contributed by atoms with van der Waals surface area (Å²) in [6.45, 7) is 1.95. The number of rotatable bonds is 7. The zero-order valence-corrected chi connectivity index (χ0v) is 14.5. The largest absolute Gasteiger partial charge is 0.434 e. The Hall–Kier alpha value is -1.96. The Labute approximate surface area is 145 Å². The molecule has 1 heterocycles. The highest BCUT2D eigenvalue weighted by Gasteiger charge is 2.25. The van der Waals surface area contributed by atoms with Crippen molar-refractivity contribution in [2.45, 2.75) is 26.5 Å². The van der Waals surface area contributed by atoms with Gasteiger partial charge < -0.3 is 19.7 Å². The Kier molecular flexibility index (Phi) is 7.36. The number of benzene rings is 1. The van der Waals surface area contributed by atoms with Gasteiger partial charge in [-0.3, -0.25) is 4.99 Å². The van der Waals surface area contributed by atoms with Crippen LogP contribution in [0.15, 0.2) is 23.2 Å². The van der Waals surface area contributed by atoms with E-state index in [-0.39, 0.29) is 17.9 Å². The van der Waals surface area contributed by atoms with E-state index in [9.17, 15) is 13.2 Å². The highest BCUT2D eigenvalue weighted by Crippen LogP contribution is 2.23. The number of guanidine groups is 1. The fraction of sp³-hybridized carbons (Fsp3) is 0.588. The molecule has 5 nitrogen and oxygen atoms in total. The number of hydrogen-bond donors (Lipinski definition) is 1. The van der Waals surface area contributed by atoms with Crippen molar-refractivity contribution in [3.8, 4) is 5.75 Å². The summed E-state index contributed by atoms with van der Waals surface area (Å²) < 4.78 is 48.8. The lowest BCUT2D eigenvalue weighted by atomic mass is 10.1. The summed E-state index contributed by atoms with van der Waals surface area (Å²) in [4.78, 5) is 6.25. The van der Waals surface area contributed by atoms with Gasteiger partial charge in [0.15, 0.2) is 5.96 Å². The van der Waals surface area contributed by atoms with E-state index in [1.807, 2.05) is 6.92 Å². The van der Waals surface area contributed by atoms with E-state index < -0.39 is 12.4 Å². The molecule has 140 valence electrons. The maximum absolute atomic E-state index is 14.0. The molecule has 0 radical (unpaired) electrons. The highest BCUT2D eigenvalue weighted by atomic mass is 19.3. The van der Waals surface area contributed by atoms with Crippen molar-refractivity contribution in [1.82, 2.24) is 10.2 Å². The SMILES string of the molecule is CCOCC1CCN(C(=NC)NCc2c(F)cccc2OC(F)F)C1. The minimum Gasteiger partial charge on any atom is -0.434 e. The first kappa shape index (κ1) is 19.4.